The van der Waals surface area contributed by atoms with Crippen molar-refractivity contribution in [2.45, 2.75) is 20.8 Å². The highest BCUT2D eigenvalue weighted by Crippen LogP contribution is 2.02. The van der Waals surface area contributed by atoms with E-state index in [4.69, 9.17) is 10.8 Å². The van der Waals surface area contributed by atoms with Gasteiger partial charge in [-0.3, -0.25) is 4.99 Å². The molecule has 0 aromatic heterocycles. The molecule has 0 fully saturated rings. The fourth-order valence-corrected chi connectivity index (χ4v) is 0.533. The SMILES string of the molecule is C=C(CO)/C(C)=N\C(C)=C(\C)N. The van der Waals surface area contributed by atoms with Gasteiger partial charge in [-0.25, -0.2) is 0 Å². The van der Waals surface area contributed by atoms with Gasteiger partial charge in [-0.15, -0.1) is 0 Å². The molecule has 0 unspecified atom stereocenters. The van der Waals surface area contributed by atoms with Crippen molar-refractivity contribution in [3.8, 4) is 0 Å². The van der Waals surface area contributed by atoms with Gasteiger partial charge in [0.05, 0.1) is 12.3 Å². The van der Waals surface area contributed by atoms with Gasteiger partial charge in [-0.2, -0.15) is 0 Å². The zero-order valence-electron chi connectivity index (χ0n) is 7.89. The summed E-state index contributed by atoms with van der Waals surface area (Å²) in [7, 11) is 0. The minimum atomic E-state index is -0.0633. The van der Waals surface area contributed by atoms with Crippen molar-refractivity contribution in [2.75, 3.05) is 6.61 Å². The number of rotatable bonds is 3. The highest BCUT2D eigenvalue weighted by atomic mass is 16.3. The van der Waals surface area contributed by atoms with Gasteiger partial charge in [0.1, 0.15) is 0 Å². The molecule has 0 saturated carbocycles. The fourth-order valence-electron chi connectivity index (χ4n) is 0.533. The van der Waals surface area contributed by atoms with Gasteiger partial charge in [0, 0.05) is 11.4 Å². The van der Waals surface area contributed by atoms with Crippen LogP contribution in [0.1, 0.15) is 20.8 Å². The van der Waals surface area contributed by atoms with Crippen LogP contribution in [-0.2, 0) is 0 Å². The molecule has 0 aliphatic carbocycles. The normalized spacial score (nSPS) is 14.2. The number of aliphatic imine (C=N–C) groups is 1. The van der Waals surface area contributed by atoms with Crippen molar-refractivity contribution in [3.63, 3.8) is 0 Å². The summed E-state index contributed by atoms with van der Waals surface area (Å²) in [4.78, 5) is 4.16. The van der Waals surface area contributed by atoms with E-state index in [9.17, 15) is 0 Å². The number of hydrogen-bond donors (Lipinski definition) is 2. The van der Waals surface area contributed by atoms with Gasteiger partial charge in [0.15, 0.2) is 0 Å². The molecule has 0 rings (SSSR count). The van der Waals surface area contributed by atoms with Crippen molar-refractivity contribution in [3.05, 3.63) is 23.5 Å². The quantitative estimate of drug-likeness (QED) is 0.622. The summed E-state index contributed by atoms with van der Waals surface area (Å²) in [6, 6.07) is 0. The lowest BCUT2D eigenvalue weighted by Crippen LogP contribution is -2.02. The smallest absolute Gasteiger partial charge is 0.0693 e. The Balaban J connectivity index is 4.58. The molecule has 0 saturated heterocycles. The molecule has 0 spiro atoms. The average molecular weight is 168 g/mol. The first-order valence-electron chi connectivity index (χ1n) is 3.76. The predicted octanol–water partition coefficient (Wildman–Crippen LogP) is 1.21. The van der Waals surface area contributed by atoms with Crippen LogP contribution in [-0.4, -0.2) is 17.4 Å². The molecule has 0 heterocycles. The van der Waals surface area contributed by atoms with Crippen LogP contribution in [0.15, 0.2) is 28.5 Å². The third-order valence-corrected chi connectivity index (χ3v) is 1.61. The van der Waals surface area contributed by atoms with Gasteiger partial charge in [0.2, 0.25) is 0 Å². The highest BCUT2D eigenvalue weighted by Gasteiger charge is 1.97. The molecule has 0 aliphatic rings. The minimum absolute atomic E-state index is 0.0633. The molecule has 0 amide bonds. The topological polar surface area (TPSA) is 58.6 Å². The summed E-state index contributed by atoms with van der Waals surface area (Å²) in [5.41, 5.74) is 8.30. The van der Waals surface area contributed by atoms with E-state index in [1.807, 2.05) is 6.92 Å². The zero-order chi connectivity index (χ0) is 9.72. The largest absolute Gasteiger partial charge is 0.401 e. The van der Waals surface area contributed by atoms with E-state index in [2.05, 4.69) is 11.6 Å². The van der Waals surface area contributed by atoms with E-state index in [-0.39, 0.29) is 6.61 Å². The summed E-state index contributed by atoms with van der Waals surface area (Å²) >= 11 is 0. The summed E-state index contributed by atoms with van der Waals surface area (Å²) in [6.45, 7) is 8.98. The monoisotopic (exact) mass is 168 g/mol. The van der Waals surface area contributed by atoms with E-state index >= 15 is 0 Å². The molecule has 0 atom stereocenters. The van der Waals surface area contributed by atoms with E-state index < -0.39 is 0 Å². The van der Waals surface area contributed by atoms with Gasteiger partial charge >= 0.3 is 0 Å². The number of aliphatic hydroxyl groups is 1. The van der Waals surface area contributed by atoms with Crippen LogP contribution in [0.25, 0.3) is 0 Å². The molecule has 0 aromatic rings. The van der Waals surface area contributed by atoms with Crippen LogP contribution < -0.4 is 5.73 Å². The summed E-state index contributed by atoms with van der Waals surface area (Å²) < 4.78 is 0. The Bertz CT molecular complexity index is 235. The summed E-state index contributed by atoms with van der Waals surface area (Å²) in [5.74, 6) is 0. The second-order valence-electron chi connectivity index (χ2n) is 2.73. The van der Waals surface area contributed by atoms with Crippen LogP contribution in [0.4, 0.5) is 0 Å². The Morgan fingerprint density at radius 2 is 1.92 bits per heavy atom. The van der Waals surface area contributed by atoms with E-state index in [0.29, 0.717) is 11.3 Å². The molecule has 3 nitrogen and oxygen atoms in total. The standard InChI is InChI=1S/C9H16N2O/c1-6(5-12)8(3)11-9(4)7(2)10/h12H,1,5,10H2,2-4H3/b9-7-,11-8-. The molecule has 0 aliphatic heterocycles. The number of aliphatic hydroxyl groups excluding tert-OH is 1. The Morgan fingerprint density at radius 1 is 1.42 bits per heavy atom. The predicted molar refractivity (Wildman–Crippen MR) is 51.9 cm³/mol. The van der Waals surface area contributed by atoms with Crippen molar-refractivity contribution < 1.29 is 5.11 Å². The Morgan fingerprint density at radius 3 is 2.25 bits per heavy atom. The number of allylic oxidation sites excluding steroid dienone is 2. The van der Waals surface area contributed by atoms with E-state index in [1.165, 1.54) is 0 Å². The maximum atomic E-state index is 8.73. The van der Waals surface area contributed by atoms with Gasteiger partial charge in [0.25, 0.3) is 0 Å². The Labute approximate surface area is 73.3 Å². The first kappa shape index (κ1) is 10.9. The second kappa shape index (κ2) is 4.72. The average Bonchev–Trinajstić information content (AvgIpc) is 2.02. The van der Waals surface area contributed by atoms with Crippen molar-refractivity contribution in [1.29, 1.82) is 0 Å². The van der Waals surface area contributed by atoms with Gasteiger partial charge in [-0.05, 0) is 26.3 Å². The lowest BCUT2D eigenvalue weighted by molar-refractivity contribution is 0.337. The lowest BCUT2D eigenvalue weighted by atomic mass is 10.2. The fraction of sp³-hybridized carbons (Fsp3) is 0.444. The molecule has 3 N–H and O–H groups in total. The van der Waals surface area contributed by atoms with Crippen molar-refractivity contribution in [2.24, 2.45) is 10.7 Å². The molecule has 68 valence electrons. The van der Waals surface area contributed by atoms with Crippen LogP contribution >= 0.6 is 0 Å². The van der Waals surface area contributed by atoms with Crippen LogP contribution in [0.2, 0.25) is 0 Å². The maximum absolute atomic E-state index is 8.73. The number of hydrogen-bond acceptors (Lipinski definition) is 3. The van der Waals surface area contributed by atoms with Crippen LogP contribution in [0.3, 0.4) is 0 Å². The third-order valence-electron chi connectivity index (χ3n) is 1.61. The molecule has 3 heteroatoms. The summed E-state index contributed by atoms with van der Waals surface area (Å²) in [5, 5.41) is 8.73. The zero-order valence-corrected chi connectivity index (χ0v) is 7.89. The van der Waals surface area contributed by atoms with Gasteiger partial charge < -0.3 is 10.8 Å². The highest BCUT2D eigenvalue weighted by molar-refractivity contribution is 5.98. The number of nitrogens with two attached hydrogens (primary N) is 1. The van der Waals surface area contributed by atoms with Gasteiger partial charge in [-0.1, -0.05) is 6.58 Å². The van der Waals surface area contributed by atoms with E-state index in [1.54, 1.807) is 13.8 Å². The first-order valence-corrected chi connectivity index (χ1v) is 3.76. The van der Waals surface area contributed by atoms with Crippen LogP contribution in [0, 0.1) is 0 Å². The molecule has 0 bridgehead atoms. The second-order valence-corrected chi connectivity index (χ2v) is 2.73. The first-order chi connectivity index (χ1) is 5.49. The third kappa shape index (κ3) is 3.34. The van der Waals surface area contributed by atoms with Crippen molar-refractivity contribution >= 4 is 5.71 Å². The molecular weight excluding hydrogens is 152 g/mol. The molecule has 0 aromatic carbocycles. The summed E-state index contributed by atoms with van der Waals surface area (Å²) in [6.07, 6.45) is 0. The van der Waals surface area contributed by atoms with E-state index in [0.717, 1.165) is 11.4 Å². The molecule has 0 radical (unpaired) electrons. The molecule has 12 heavy (non-hydrogen) atoms. The van der Waals surface area contributed by atoms with Crippen molar-refractivity contribution in [1.82, 2.24) is 0 Å². The van der Waals surface area contributed by atoms with Crippen LogP contribution in [0.5, 0.6) is 0 Å². The molecular formula is C9H16N2O. The lowest BCUT2D eigenvalue weighted by Gasteiger charge is -2.02. The number of nitrogens with zero attached hydrogens (tertiary/aromatic N) is 1. The maximum Gasteiger partial charge on any atom is 0.0693 e. The Kier molecular flexibility index (Phi) is 4.29. The minimum Gasteiger partial charge on any atom is -0.401 e. The Hall–Kier alpha value is -1.09.